The van der Waals surface area contributed by atoms with E-state index in [9.17, 15) is 9.59 Å². The van der Waals surface area contributed by atoms with Crippen LogP contribution in [0.15, 0.2) is 120 Å². The molecule has 0 saturated carbocycles. The average molecular weight is 533 g/mol. The minimum atomic E-state index is -0.875. The molecule has 2 bridgehead atoms. The minimum absolute atomic E-state index is 0.128. The molecule has 1 aliphatic heterocycles. The summed E-state index contributed by atoms with van der Waals surface area (Å²) in [5.74, 6) is -1.58. The Morgan fingerprint density at radius 3 is 2.12 bits per heavy atom. The number of anilines is 1. The molecular formula is C37H28N2O2. The Hall–Kier alpha value is -4.83. The van der Waals surface area contributed by atoms with Crippen LogP contribution in [0.4, 0.5) is 11.4 Å². The van der Waals surface area contributed by atoms with Crippen LogP contribution in [0.3, 0.4) is 0 Å². The third-order valence-corrected chi connectivity index (χ3v) is 9.47. The Kier molecular flexibility index (Phi) is 5.17. The molecule has 4 aliphatic rings. The second kappa shape index (κ2) is 8.84. The first-order valence-electron chi connectivity index (χ1n) is 14.3. The van der Waals surface area contributed by atoms with Crippen LogP contribution >= 0.6 is 0 Å². The zero-order valence-corrected chi connectivity index (χ0v) is 22.7. The number of fused-ring (bicyclic) bond motifs is 1. The molecule has 0 aromatic heterocycles. The lowest BCUT2D eigenvalue weighted by atomic mass is 9.47. The van der Waals surface area contributed by atoms with E-state index in [1.165, 1.54) is 4.90 Å². The summed E-state index contributed by atoms with van der Waals surface area (Å²) in [6, 6.07) is 38.6. The molecule has 0 spiro atoms. The fourth-order valence-electron chi connectivity index (χ4n) is 7.80. The van der Waals surface area contributed by atoms with Crippen LogP contribution in [0.2, 0.25) is 0 Å². The van der Waals surface area contributed by atoms with E-state index in [2.05, 4.69) is 37.3 Å². The second-order valence-electron chi connectivity index (χ2n) is 11.3. The molecule has 3 aliphatic carbocycles. The highest BCUT2D eigenvalue weighted by molar-refractivity contribution is 6.27. The summed E-state index contributed by atoms with van der Waals surface area (Å²) in [5.41, 5.74) is 6.20. The molecule has 198 valence electrons. The number of hydrogen-bond acceptors (Lipinski definition) is 3. The molecule has 1 fully saturated rings. The zero-order chi connectivity index (χ0) is 27.7. The van der Waals surface area contributed by atoms with Gasteiger partial charge >= 0.3 is 0 Å². The largest absolute Gasteiger partial charge is 0.274 e. The van der Waals surface area contributed by atoms with Crippen molar-refractivity contribution in [1.29, 1.82) is 0 Å². The second-order valence-corrected chi connectivity index (χ2v) is 11.3. The Labute approximate surface area is 239 Å². The van der Waals surface area contributed by atoms with Crippen LogP contribution in [0.5, 0.6) is 0 Å². The summed E-state index contributed by atoms with van der Waals surface area (Å²) in [6.07, 6.45) is 2.85. The standard InChI is InChI=1S/C37H28N2O2/c1-2-23-12-4-10-20-30(23)38-22-37-28-18-8-6-16-26(28)32(27-17-7-9-19-29(27)37)33-34(37)36(41)39(35(33)40)31-21-11-14-24-13-3-5-15-25(24)31/h3-22,32-34H,2H2,1H3/t32?,33-,34+,37?/m0/s1. The molecule has 5 aromatic rings. The Bertz CT molecular complexity index is 1870. The van der Waals surface area contributed by atoms with E-state index in [0.29, 0.717) is 5.69 Å². The lowest BCUT2D eigenvalue weighted by Crippen LogP contribution is -2.54. The highest BCUT2D eigenvalue weighted by Crippen LogP contribution is 2.64. The molecule has 0 radical (unpaired) electrons. The molecule has 1 heterocycles. The predicted octanol–water partition coefficient (Wildman–Crippen LogP) is 7.36. The highest BCUT2D eigenvalue weighted by atomic mass is 16.2. The van der Waals surface area contributed by atoms with Crippen molar-refractivity contribution >= 4 is 40.2 Å². The summed E-state index contributed by atoms with van der Waals surface area (Å²) >= 11 is 0. The maximum atomic E-state index is 14.8. The minimum Gasteiger partial charge on any atom is -0.274 e. The van der Waals surface area contributed by atoms with Crippen molar-refractivity contribution in [2.45, 2.75) is 24.7 Å². The Morgan fingerprint density at radius 1 is 0.732 bits per heavy atom. The number of carbonyl (C=O) groups is 2. The number of nitrogens with zero attached hydrogens (tertiary/aromatic N) is 2. The van der Waals surface area contributed by atoms with Crippen LogP contribution < -0.4 is 4.90 Å². The Balaban J connectivity index is 1.40. The fraction of sp³-hybridized carbons (Fsp3) is 0.162. The number of para-hydroxylation sites is 1. The SMILES string of the molecule is CCc1ccccc1N=CC12c3ccccc3C(c3ccccc31)[C@@H]1C(=O)N(c3cccc4ccccc34)C(=O)[C@@H]12. The quantitative estimate of drug-likeness (QED) is 0.179. The summed E-state index contributed by atoms with van der Waals surface area (Å²) in [7, 11) is 0. The van der Waals surface area contributed by atoms with E-state index in [1.54, 1.807) is 0 Å². The molecule has 4 nitrogen and oxygen atoms in total. The van der Waals surface area contributed by atoms with Gasteiger partial charge in [0.15, 0.2) is 0 Å². The number of aryl methyl sites for hydroxylation is 1. The van der Waals surface area contributed by atoms with Gasteiger partial charge in [-0.15, -0.1) is 0 Å². The van der Waals surface area contributed by atoms with Gasteiger partial charge in [-0.05, 0) is 51.8 Å². The molecular weight excluding hydrogens is 504 g/mol. The molecule has 2 atom stereocenters. The maximum absolute atomic E-state index is 14.8. The molecule has 9 rings (SSSR count). The van der Waals surface area contributed by atoms with Crippen molar-refractivity contribution in [2.75, 3.05) is 4.90 Å². The summed E-state index contributed by atoms with van der Waals surface area (Å²) in [6.45, 7) is 2.13. The van der Waals surface area contributed by atoms with Gasteiger partial charge in [0, 0.05) is 17.5 Å². The number of imide groups is 1. The summed E-state index contributed by atoms with van der Waals surface area (Å²) in [4.78, 5) is 36.0. The van der Waals surface area contributed by atoms with Gasteiger partial charge in [0.2, 0.25) is 11.8 Å². The van der Waals surface area contributed by atoms with Crippen LogP contribution in [-0.4, -0.2) is 18.0 Å². The summed E-state index contributed by atoms with van der Waals surface area (Å²) in [5, 5.41) is 1.90. The molecule has 2 amide bonds. The first-order valence-corrected chi connectivity index (χ1v) is 14.3. The van der Waals surface area contributed by atoms with E-state index in [4.69, 9.17) is 4.99 Å². The van der Waals surface area contributed by atoms with E-state index in [1.807, 2.05) is 91.1 Å². The normalized spacial score (nSPS) is 24.1. The Morgan fingerprint density at radius 2 is 1.37 bits per heavy atom. The first kappa shape index (κ1) is 24.0. The molecule has 5 aromatic carbocycles. The van der Waals surface area contributed by atoms with Gasteiger partial charge < -0.3 is 0 Å². The van der Waals surface area contributed by atoms with E-state index in [0.717, 1.165) is 50.7 Å². The third kappa shape index (κ3) is 3.13. The van der Waals surface area contributed by atoms with Crippen LogP contribution in [0.1, 0.15) is 40.7 Å². The fourth-order valence-corrected chi connectivity index (χ4v) is 7.80. The van der Waals surface area contributed by atoms with Gasteiger partial charge in [-0.3, -0.25) is 14.6 Å². The van der Waals surface area contributed by atoms with Crippen LogP contribution in [-0.2, 0) is 21.4 Å². The monoisotopic (exact) mass is 532 g/mol. The van der Waals surface area contributed by atoms with Crippen LogP contribution in [0.25, 0.3) is 10.8 Å². The first-order chi connectivity index (χ1) is 20.1. The molecule has 0 unspecified atom stereocenters. The van der Waals surface area contributed by atoms with E-state index >= 15 is 0 Å². The number of amides is 2. The maximum Gasteiger partial charge on any atom is 0.239 e. The third-order valence-electron chi connectivity index (χ3n) is 9.47. The van der Waals surface area contributed by atoms with Gasteiger partial charge in [-0.2, -0.15) is 0 Å². The van der Waals surface area contributed by atoms with Crippen LogP contribution in [0, 0.1) is 11.8 Å². The van der Waals surface area contributed by atoms with E-state index < -0.39 is 17.3 Å². The zero-order valence-electron chi connectivity index (χ0n) is 22.7. The number of aliphatic imine (C=N–C) groups is 1. The van der Waals surface area contributed by atoms with Crippen molar-refractivity contribution in [2.24, 2.45) is 16.8 Å². The van der Waals surface area contributed by atoms with Gasteiger partial charge in [0.25, 0.3) is 0 Å². The molecule has 41 heavy (non-hydrogen) atoms. The summed E-state index contributed by atoms with van der Waals surface area (Å²) < 4.78 is 0. The number of hydrogen-bond donors (Lipinski definition) is 0. The molecule has 1 saturated heterocycles. The van der Waals surface area contributed by atoms with Gasteiger partial charge in [0.05, 0.1) is 28.6 Å². The lowest BCUT2D eigenvalue weighted by molar-refractivity contribution is -0.122. The van der Waals surface area contributed by atoms with Gasteiger partial charge in [-0.1, -0.05) is 110 Å². The van der Waals surface area contributed by atoms with Crippen molar-refractivity contribution in [1.82, 2.24) is 0 Å². The average Bonchev–Trinajstić information content (AvgIpc) is 3.30. The lowest BCUT2D eigenvalue weighted by Gasteiger charge is -2.52. The van der Waals surface area contributed by atoms with Crippen molar-refractivity contribution < 1.29 is 9.59 Å². The molecule has 0 N–H and O–H groups in total. The molecule has 4 heteroatoms. The van der Waals surface area contributed by atoms with Crippen molar-refractivity contribution in [3.63, 3.8) is 0 Å². The predicted molar refractivity (Wildman–Crippen MR) is 163 cm³/mol. The van der Waals surface area contributed by atoms with Gasteiger partial charge in [-0.25, -0.2) is 4.90 Å². The number of benzene rings is 5. The van der Waals surface area contributed by atoms with Gasteiger partial charge in [0.1, 0.15) is 0 Å². The smallest absolute Gasteiger partial charge is 0.239 e. The van der Waals surface area contributed by atoms with Crippen molar-refractivity contribution in [3.05, 3.63) is 143 Å². The van der Waals surface area contributed by atoms with Crippen molar-refractivity contribution in [3.8, 4) is 0 Å². The topological polar surface area (TPSA) is 49.7 Å². The highest BCUT2D eigenvalue weighted by Gasteiger charge is 2.68. The number of rotatable bonds is 4. The van der Waals surface area contributed by atoms with E-state index in [-0.39, 0.29) is 17.7 Å². The number of carbonyl (C=O) groups excluding carboxylic acids is 2.